The zero-order valence-electron chi connectivity index (χ0n) is 19.7. The topological polar surface area (TPSA) is 75.7 Å². The second-order valence-corrected chi connectivity index (χ2v) is 8.32. The highest BCUT2D eigenvalue weighted by Gasteiger charge is 2.37. The van der Waals surface area contributed by atoms with Gasteiger partial charge in [0.15, 0.2) is 0 Å². The molecular formula is C28H25FN2O4. The monoisotopic (exact) mass is 472 g/mol. The third-order valence-electron chi connectivity index (χ3n) is 5.74. The van der Waals surface area contributed by atoms with E-state index in [1.807, 2.05) is 19.9 Å². The van der Waals surface area contributed by atoms with Crippen molar-refractivity contribution < 1.29 is 23.5 Å². The Hall–Kier alpha value is -4.26. The van der Waals surface area contributed by atoms with Crippen molar-refractivity contribution in [3.63, 3.8) is 0 Å². The number of carbonyl (C=O) groups is 3. The number of benzene rings is 3. The molecule has 0 aromatic heterocycles. The Kier molecular flexibility index (Phi) is 6.78. The first-order valence-electron chi connectivity index (χ1n) is 11.3. The fraction of sp³-hybridized carbons (Fsp3) is 0.179. The molecule has 1 N–H and O–H groups in total. The Morgan fingerprint density at radius 1 is 0.971 bits per heavy atom. The summed E-state index contributed by atoms with van der Waals surface area (Å²) in [6.07, 6.45) is 1.75. The van der Waals surface area contributed by atoms with Gasteiger partial charge in [0.25, 0.3) is 11.8 Å². The van der Waals surface area contributed by atoms with Crippen LogP contribution in [0, 0.1) is 19.7 Å². The van der Waals surface area contributed by atoms with Crippen LogP contribution in [0.1, 0.15) is 34.7 Å². The average Bonchev–Trinajstić information content (AvgIpc) is 2.81. The molecule has 1 fully saturated rings. The zero-order valence-corrected chi connectivity index (χ0v) is 19.7. The summed E-state index contributed by atoms with van der Waals surface area (Å²) in [6.45, 7) is 5.93. The van der Waals surface area contributed by atoms with Crippen molar-refractivity contribution in [1.29, 1.82) is 0 Å². The van der Waals surface area contributed by atoms with Crippen LogP contribution in [-0.2, 0) is 16.0 Å². The van der Waals surface area contributed by atoms with Crippen LogP contribution in [0.15, 0.2) is 66.2 Å². The predicted octanol–water partition coefficient (Wildman–Crippen LogP) is 5.10. The van der Waals surface area contributed by atoms with Crippen molar-refractivity contribution in [2.75, 3.05) is 11.5 Å². The lowest BCUT2D eigenvalue weighted by Gasteiger charge is -2.27. The molecular weight excluding hydrogens is 447 g/mol. The number of rotatable bonds is 6. The summed E-state index contributed by atoms with van der Waals surface area (Å²) in [7, 11) is 0. The molecule has 3 aromatic carbocycles. The first kappa shape index (κ1) is 23.9. The zero-order chi connectivity index (χ0) is 25.1. The number of hydrogen-bond acceptors (Lipinski definition) is 4. The number of anilines is 1. The van der Waals surface area contributed by atoms with E-state index < -0.39 is 17.8 Å². The molecule has 1 saturated heterocycles. The minimum Gasteiger partial charge on any atom is -0.494 e. The average molecular weight is 473 g/mol. The lowest BCUT2D eigenvalue weighted by molar-refractivity contribution is -0.122. The molecule has 7 heteroatoms. The first-order chi connectivity index (χ1) is 16.8. The van der Waals surface area contributed by atoms with Crippen molar-refractivity contribution in [2.45, 2.75) is 27.2 Å². The van der Waals surface area contributed by atoms with Crippen LogP contribution in [0.4, 0.5) is 14.9 Å². The Bertz CT molecular complexity index is 1360. The van der Waals surface area contributed by atoms with Gasteiger partial charge in [0.2, 0.25) is 0 Å². The second-order valence-electron chi connectivity index (χ2n) is 8.32. The first-order valence-corrected chi connectivity index (χ1v) is 11.3. The summed E-state index contributed by atoms with van der Waals surface area (Å²) in [4.78, 5) is 39.3. The van der Waals surface area contributed by atoms with Crippen LogP contribution >= 0.6 is 0 Å². The van der Waals surface area contributed by atoms with E-state index in [0.717, 1.165) is 21.6 Å². The second kappa shape index (κ2) is 9.93. The number of halogens is 1. The van der Waals surface area contributed by atoms with E-state index in [0.29, 0.717) is 35.6 Å². The lowest BCUT2D eigenvalue weighted by Crippen LogP contribution is -2.54. The molecule has 0 bridgehead atoms. The van der Waals surface area contributed by atoms with Gasteiger partial charge < -0.3 is 4.74 Å². The van der Waals surface area contributed by atoms with Crippen molar-refractivity contribution >= 4 is 29.6 Å². The molecule has 1 aliphatic heterocycles. The highest BCUT2D eigenvalue weighted by molar-refractivity contribution is 6.39. The minimum atomic E-state index is -0.792. The highest BCUT2D eigenvalue weighted by atomic mass is 19.1. The maximum Gasteiger partial charge on any atom is 0.335 e. The van der Waals surface area contributed by atoms with Crippen LogP contribution in [0.25, 0.3) is 6.08 Å². The number of amides is 4. The van der Waals surface area contributed by atoms with Crippen molar-refractivity contribution in [3.05, 3.63) is 99.9 Å². The summed E-state index contributed by atoms with van der Waals surface area (Å²) in [5.74, 6) is -1.26. The summed E-state index contributed by atoms with van der Waals surface area (Å²) in [5, 5.41) is 2.25. The van der Waals surface area contributed by atoms with Crippen LogP contribution in [0.2, 0.25) is 0 Å². The molecule has 6 nitrogen and oxygen atoms in total. The summed E-state index contributed by atoms with van der Waals surface area (Å²) >= 11 is 0. The number of nitrogens with one attached hydrogen (secondary N) is 1. The molecule has 178 valence electrons. The normalized spacial score (nSPS) is 14.9. The molecule has 0 aliphatic carbocycles. The van der Waals surface area contributed by atoms with Gasteiger partial charge in [-0.2, -0.15) is 0 Å². The predicted molar refractivity (Wildman–Crippen MR) is 132 cm³/mol. The van der Waals surface area contributed by atoms with Gasteiger partial charge >= 0.3 is 6.03 Å². The van der Waals surface area contributed by atoms with Crippen molar-refractivity contribution in [2.24, 2.45) is 0 Å². The van der Waals surface area contributed by atoms with E-state index in [-0.39, 0.29) is 11.4 Å². The number of aryl methyl sites for hydroxylation is 2. The van der Waals surface area contributed by atoms with E-state index >= 15 is 0 Å². The summed E-state index contributed by atoms with van der Waals surface area (Å²) in [5.41, 5.74) is 3.80. The Labute approximate surface area is 203 Å². The van der Waals surface area contributed by atoms with E-state index in [2.05, 4.69) is 5.32 Å². The summed E-state index contributed by atoms with van der Waals surface area (Å²) < 4.78 is 19.9. The highest BCUT2D eigenvalue weighted by Crippen LogP contribution is 2.28. The molecule has 0 spiro atoms. The molecule has 35 heavy (non-hydrogen) atoms. The Balaban J connectivity index is 1.69. The maximum absolute atomic E-state index is 14.2. The number of nitrogens with zero attached hydrogens (tertiary/aromatic N) is 1. The number of hydrogen-bond donors (Lipinski definition) is 1. The number of ether oxygens (including phenoxy) is 1. The van der Waals surface area contributed by atoms with E-state index in [1.165, 1.54) is 12.1 Å². The van der Waals surface area contributed by atoms with Crippen LogP contribution in [0.5, 0.6) is 5.75 Å². The molecule has 0 radical (unpaired) electrons. The van der Waals surface area contributed by atoms with Crippen molar-refractivity contribution in [3.8, 4) is 5.75 Å². The number of urea groups is 1. The van der Waals surface area contributed by atoms with Crippen molar-refractivity contribution in [1.82, 2.24) is 5.32 Å². The van der Waals surface area contributed by atoms with E-state index in [9.17, 15) is 18.8 Å². The molecule has 0 saturated carbocycles. The van der Waals surface area contributed by atoms with Gasteiger partial charge in [-0.3, -0.25) is 14.9 Å². The fourth-order valence-corrected chi connectivity index (χ4v) is 4.04. The molecule has 0 unspecified atom stereocenters. The van der Waals surface area contributed by atoms with Gasteiger partial charge in [-0.05, 0) is 67.3 Å². The standard InChI is InChI=1S/C28H25FN2O4/c1-4-35-25-15-19(10-11-21(25)16-20-7-5-6-8-23(20)29)14-22-26(32)30-28(34)31(27(22)33)24-12-9-17(2)13-18(24)3/h5-15H,4,16H2,1-3H3,(H,30,32,34)/b22-14+. The van der Waals surface area contributed by atoms with Gasteiger partial charge in [0.1, 0.15) is 17.1 Å². The molecule has 4 amide bonds. The van der Waals surface area contributed by atoms with Crippen LogP contribution < -0.4 is 15.0 Å². The van der Waals surface area contributed by atoms with Gasteiger partial charge in [-0.25, -0.2) is 14.1 Å². The SMILES string of the molecule is CCOc1cc(/C=C2\C(=O)NC(=O)N(c3ccc(C)cc3C)C2=O)ccc1Cc1ccccc1F. The molecule has 1 aliphatic rings. The third kappa shape index (κ3) is 4.99. The fourth-order valence-electron chi connectivity index (χ4n) is 4.04. The van der Waals surface area contributed by atoms with Gasteiger partial charge in [0.05, 0.1) is 12.3 Å². The van der Waals surface area contributed by atoms with E-state index in [1.54, 1.807) is 55.5 Å². The molecule has 0 atom stereocenters. The Morgan fingerprint density at radius 3 is 2.46 bits per heavy atom. The van der Waals surface area contributed by atoms with Crippen LogP contribution in [-0.4, -0.2) is 24.5 Å². The molecule has 3 aromatic rings. The number of carbonyl (C=O) groups excluding carboxylic acids is 3. The maximum atomic E-state index is 14.2. The molecule has 4 rings (SSSR count). The largest absolute Gasteiger partial charge is 0.494 e. The lowest BCUT2D eigenvalue weighted by atomic mass is 10.00. The minimum absolute atomic E-state index is 0.172. The number of imide groups is 2. The summed E-state index contributed by atoms with van der Waals surface area (Å²) in [6, 6.07) is 16.3. The van der Waals surface area contributed by atoms with E-state index in [4.69, 9.17) is 4.74 Å². The van der Waals surface area contributed by atoms with Crippen LogP contribution in [0.3, 0.4) is 0 Å². The quantitative estimate of drug-likeness (QED) is 0.400. The molecule has 1 heterocycles. The van der Waals surface area contributed by atoms with Gasteiger partial charge in [-0.1, -0.05) is 48.0 Å². The van der Waals surface area contributed by atoms with Gasteiger partial charge in [0, 0.05) is 6.42 Å². The van der Waals surface area contributed by atoms with Gasteiger partial charge in [-0.15, -0.1) is 0 Å². The Morgan fingerprint density at radius 2 is 1.74 bits per heavy atom. The smallest absolute Gasteiger partial charge is 0.335 e. The third-order valence-corrected chi connectivity index (χ3v) is 5.74. The number of barbiturate groups is 1.